The lowest BCUT2D eigenvalue weighted by Gasteiger charge is -2.42. The van der Waals surface area contributed by atoms with Crippen LogP contribution in [0.3, 0.4) is 0 Å². The fraction of sp³-hybridized carbons (Fsp3) is 0.550. The molecule has 2 saturated heterocycles. The van der Waals surface area contributed by atoms with Gasteiger partial charge in [0.1, 0.15) is 5.75 Å². The molecule has 0 spiro atoms. The topological polar surface area (TPSA) is 54.6 Å². The van der Waals surface area contributed by atoms with Crippen molar-refractivity contribution in [2.24, 2.45) is 11.8 Å². The van der Waals surface area contributed by atoms with Gasteiger partial charge in [0.2, 0.25) is 0 Å². The van der Waals surface area contributed by atoms with Crippen molar-refractivity contribution in [2.75, 3.05) is 33.4 Å². The summed E-state index contributed by atoms with van der Waals surface area (Å²) >= 11 is 0. The Hall–Kier alpha value is -2.01. The average molecular weight is 342 g/mol. The Labute approximate surface area is 148 Å². The van der Waals surface area contributed by atoms with Gasteiger partial charge < -0.3 is 19.4 Å². The quantitative estimate of drug-likeness (QED) is 0.866. The SMILES string of the molecule is COc1cc2[nH]cc(C(=O)OCC3CCN4CCCC3C4)c2cc1C. The van der Waals surface area contributed by atoms with E-state index in [1.54, 1.807) is 13.3 Å². The number of aromatic nitrogens is 1. The third kappa shape index (κ3) is 3.13. The summed E-state index contributed by atoms with van der Waals surface area (Å²) in [7, 11) is 1.66. The Morgan fingerprint density at radius 3 is 3.04 bits per heavy atom. The number of hydrogen-bond donors (Lipinski definition) is 1. The third-order valence-electron chi connectivity index (χ3n) is 5.87. The van der Waals surface area contributed by atoms with Crippen LogP contribution in [0.2, 0.25) is 0 Å². The Bertz CT molecular complexity index is 783. The first-order valence-electron chi connectivity index (χ1n) is 9.21. The Morgan fingerprint density at radius 1 is 1.32 bits per heavy atom. The second-order valence-electron chi connectivity index (χ2n) is 7.42. The molecule has 2 bridgehead atoms. The number of esters is 1. The van der Waals surface area contributed by atoms with Gasteiger partial charge in [-0.3, -0.25) is 0 Å². The second kappa shape index (κ2) is 6.71. The van der Waals surface area contributed by atoms with E-state index in [0.717, 1.165) is 35.2 Å². The van der Waals surface area contributed by atoms with E-state index >= 15 is 0 Å². The Kier molecular flexibility index (Phi) is 4.42. The van der Waals surface area contributed by atoms with E-state index in [-0.39, 0.29) is 5.97 Å². The molecule has 3 unspecified atom stereocenters. The summed E-state index contributed by atoms with van der Waals surface area (Å²) < 4.78 is 11.1. The molecule has 5 nitrogen and oxygen atoms in total. The summed E-state index contributed by atoms with van der Waals surface area (Å²) in [5, 5.41) is 0.899. The minimum atomic E-state index is -0.228. The molecule has 0 aliphatic carbocycles. The number of ether oxygens (including phenoxy) is 2. The van der Waals surface area contributed by atoms with Crippen LogP contribution in [-0.2, 0) is 4.74 Å². The number of piperidine rings is 2. The molecule has 3 atom stereocenters. The molecule has 0 saturated carbocycles. The minimum Gasteiger partial charge on any atom is -0.496 e. The molecule has 2 aromatic rings. The highest BCUT2D eigenvalue weighted by molar-refractivity contribution is 6.04. The summed E-state index contributed by atoms with van der Waals surface area (Å²) in [4.78, 5) is 18.3. The normalized spacial score (nSPS) is 25.8. The molecule has 2 aliphatic heterocycles. The highest BCUT2D eigenvalue weighted by Crippen LogP contribution is 2.32. The maximum absolute atomic E-state index is 12.6. The number of aryl methyl sites for hydroxylation is 1. The van der Waals surface area contributed by atoms with Crippen LogP contribution in [0.1, 0.15) is 35.2 Å². The number of hydrogen-bond acceptors (Lipinski definition) is 4. The first-order valence-corrected chi connectivity index (χ1v) is 9.21. The second-order valence-corrected chi connectivity index (χ2v) is 7.42. The van der Waals surface area contributed by atoms with Gasteiger partial charge in [0.25, 0.3) is 0 Å². The van der Waals surface area contributed by atoms with Crippen LogP contribution in [-0.4, -0.2) is 49.2 Å². The predicted octanol–water partition coefficient (Wildman–Crippen LogP) is 3.37. The van der Waals surface area contributed by atoms with Crippen LogP contribution in [0.4, 0.5) is 0 Å². The molecule has 2 aliphatic rings. The number of rotatable bonds is 4. The standard InChI is InChI=1S/C20H26N2O3/c1-13-8-16-17(10-21-18(16)9-19(13)24-2)20(23)25-12-15-5-7-22-6-3-4-14(15)11-22/h8-10,14-15,21H,3-7,11-12H2,1-2H3. The molecular weight excluding hydrogens is 316 g/mol. The van der Waals surface area contributed by atoms with Crippen molar-refractivity contribution < 1.29 is 14.3 Å². The van der Waals surface area contributed by atoms with Crippen LogP contribution < -0.4 is 4.74 Å². The maximum Gasteiger partial charge on any atom is 0.340 e. The summed E-state index contributed by atoms with van der Waals surface area (Å²) in [5.74, 6) is 1.78. The highest BCUT2D eigenvalue weighted by atomic mass is 16.5. The number of nitrogens with zero attached hydrogens (tertiary/aromatic N) is 1. The van der Waals surface area contributed by atoms with Gasteiger partial charge in [0, 0.05) is 29.7 Å². The molecule has 0 amide bonds. The van der Waals surface area contributed by atoms with Gasteiger partial charge in [0.15, 0.2) is 0 Å². The largest absolute Gasteiger partial charge is 0.496 e. The van der Waals surface area contributed by atoms with E-state index in [1.807, 2.05) is 19.1 Å². The summed E-state index contributed by atoms with van der Waals surface area (Å²) in [6.45, 7) is 6.08. The number of aromatic amines is 1. The first-order chi connectivity index (χ1) is 12.2. The number of fused-ring (bicyclic) bond motifs is 3. The van der Waals surface area contributed by atoms with Gasteiger partial charge in [-0.1, -0.05) is 0 Å². The first kappa shape index (κ1) is 16.5. The smallest absolute Gasteiger partial charge is 0.340 e. The molecule has 134 valence electrons. The molecule has 2 fully saturated rings. The number of nitrogens with one attached hydrogen (secondary N) is 1. The number of carbonyl (C=O) groups is 1. The van der Waals surface area contributed by atoms with Crippen LogP contribution in [0.5, 0.6) is 5.75 Å². The van der Waals surface area contributed by atoms with Crippen molar-refractivity contribution in [1.29, 1.82) is 0 Å². The third-order valence-corrected chi connectivity index (χ3v) is 5.87. The summed E-state index contributed by atoms with van der Waals surface area (Å²) in [6, 6.07) is 3.92. The van der Waals surface area contributed by atoms with Crippen molar-refractivity contribution in [2.45, 2.75) is 26.2 Å². The van der Waals surface area contributed by atoms with Gasteiger partial charge in [-0.2, -0.15) is 0 Å². The molecule has 25 heavy (non-hydrogen) atoms. The number of carbonyl (C=O) groups excluding carboxylic acids is 1. The number of benzene rings is 1. The Morgan fingerprint density at radius 2 is 2.20 bits per heavy atom. The van der Waals surface area contributed by atoms with E-state index < -0.39 is 0 Å². The van der Waals surface area contributed by atoms with Crippen LogP contribution in [0.15, 0.2) is 18.3 Å². The molecule has 1 aromatic carbocycles. The zero-order valence-electron chi connectivity index (χ0n) is 15.0. The highest BCUT2D eigenvalue weighted by Gasteiger charge is 2.32. The zero-order valence-corrected chi connectivity index (χ0v) is 15.0. The van der Waals surface area contributed by atoms with Crippen molar-refractivity contribution in [3.8, 4) is 5.75 Å². The van der Waals surface area contributed by atoms with E-state index in [1.165, 1.54) is 25.9 Å². The van der Waals surface area contributed by atoms with Crippen LogP contribution in [0, 0.1) is 18.8 Å². The maximum atomic E-state index is 12.6. The van der Waals surface area contributed by atoms with Crippen LogP contribution >= 0.6 is 0 Å². The summed E-state index contributed by atoms with van der Waals surface area (Å²) in [6.07, 6.45) is 5.43. The molecule has 0 radical (unpaired) electrons. The predicted molar refractivity (Wildman–Crippen MR) is 97.1 cm³/mol. The lowest BCUT2D eigenvalue weighted by Crippen LogP contribution is -2.45. The molecular formula is C20H26N2O3. The fourth-order valence-electron chi connectivity index (χ4n) is 4.39. The molecule has 4 rings (SSSR count). The van der Waals surface area contributed by atoms with Gasteiger partial charge in [-0.25, -0.2) is 4.79 Å². The van der Waals surface area contributed by atoms with Crippen molar-refractivity contribution in [1.82, 2.24) is 9.88 Å². The fourth-order valence-corrected chi connectivity index (χ4v) is 4.39. The van der Waals surface area contributed by atoms with E-state index in [2.05, 4.69) is 9.88 Å². The zero-order chi connectivity index (χ0) is 17.4. The average Bonchev–Trinajstić information content (AvgIpc) is 3.03. The number of H-pyrrole nitrogens is 1. The van der Waals surface area contributed by atoms with Gasteiger partial charge in [-0.05, 0) is 62.7 Å². The lowest BCUT2D eigenvalue weighted by atomic mass is 9.80. The van der Waals surface area contributed by atoms with Gasteiger partial charge in [-0.15, -0.1) is 0 Å². The molecule has 3 heterocycles. The van der Waals surface area contributed by atoms with E-state index in [9.17, 15) is 4.79 Å². The Balaban J connectivity index is 1.46. The number of methoxy groups -OCH3 is 1. The molecule has 5 heteroatoms. The monoisotopic (exact) mass is 342 g/mol. The van der Waals surface area contributed by atoms with Crippen molar-refractivity contribution >= 4 is 16.9 Å². The summed E-state index contributed by atoms with van der Waals surface area (Å²) in [5.41, 5.74) is 2.52. The van der Waals surface area contributed by atoms with E-state index in [0.29, 0.717) is 24.0 Å². The van der Waals surface area contributed by atoms with Crippen molar-refractivity contribution in [3.05, 3.63) is 29.5 Å². The lowest BCUT2D eigenvalue weighted by molar-refractivity contribution is 0.0129. The van der Waals surface area contributed by atoms with Crippen LogP contribution in [0.25, 0.3) is 10.9 Å². The van der Waals surface area contributed by atoms with Gasteiger partial charge in [0.05, 0.1) is 19.3 Å². The van der Waals surface area contributed by atoms with E-state index in [4.69, 9.17) is 9.47 Å². The van der Waals surface area contributed by atoms with Crippen molar-refractivity contribution in [3.63, 3.8) is 0 Å². The molecule has 1 N–H and O–H groups in total. The molecule has 1 aromatic heterocycles. The van der Waals surface area contributed by atoms with Gasteiger partial charge >= 0.3 is 5.97 Å². The minimum absolute atomic E-state index is 0.228.